The lowest BCUT2D eigenvalue weighted by molar-refractivity contribution is -0.136. The van der Waals surface area contributed by atoms with Gasteiger partial charge in [-0.3, -0.25) is 4.79 Å². The van der Waals surface area contributed by atoms with Crippen molar-refractivity contribution in [3.8, 4) is 0 Å². The molecule has 2 unspecified atom stereocenters. The second-order valence-corrected chi connectivity index (χ2v) is 4.47. The highest BCUT2D eigenvalue weighted by Crippen LogP contribution is 2.36. The summed E-state index contributed by atoms with van der Waals surface area (Å²) in [6, 6.07) is 10.2. The number of ether oxygens (including phenoxy) is 1. The zero-order valence-electron chi connectivity index (χ0n) is 9.00. The summed E-state index contributed by atoms with van der Waals surface area (Å²) in [7, 11) is 0. The molecule has 2 bridgehead atoms. The van der Waals surface area contributed by atoms with Crippen molar-refractivity contribution in [1.82, 2.24) is 0 Å². The van der Waals surface area contributed by atoms with Crippen molar-refractivity contribution in [2.24, 2.45) is 11.8 Å². The molecule has 1 saturated heterocycles. The van der Waals surface area contributed by atoms with E-state index < -0.39 is 0 Å². The molecule has 1 aromatic rings. The quantitative estimate of drug-likeness (QED) is 0.670. The molecule has 1 aliphatic heterocycles. The number of ketones is 1. The molecule has 0 amide bonds. The monoisotopic (exact) mass is 214 g/mol. The molecule has 0 radical (unpaired) electrons. The molecule has 1 heterocycles. The summed E-state index contributed by atoms with van der Waals surface area (Å²) in [5.41, 5.74) is 1.21. The summed E-state index contributed by atoms with van der Waals surface area (Å²) in [5, 5.41) is 0. The van der Waals surface area contributed by atoms with Gasteiger partial charge < -0.3 is 4.74 Å². The van der Waals surface area contributed by atoms with Gasteiger partial charge in [0.2, 0.25) is 0 Å². The van der Waals surface area contributed by atoms with E-state index in [1.165, 1.54) is 5.56 Å². The van der Waals surface area contributed by atoms with E-state index in [0.29, 0.717) is 19.0 Å². The Kier molecular flexibility index (Phi) is 2.37. The zero-order chi connectivity index (χ0) is 11.0. The highest BCUT2D eigenvalue weighted by Gasteiger charge is 2.38. The Labute approximate surface area is 94.9 Å². The third kappa shape index (κ3) is 1.50. The van der Waals surface area contributed by atoms with Crippen molar-refractivity contribution in [3.05, 3.63) is 48.0 Å². The number of carbonyl (C=O) groups excluding carboxylic acids is 1. The van der Waals surface area contributed by atoms with E-state index in [0.717, 1.165) is 0 Å². The molecule has 1 aliphatic carbocycles. The first-order chi connectivity index (χ1) is 7.86. The predicted octanol–water partition coefficient (Wildman–Crippen LogP) is 2.17. The smallest absolute Gasteiger partial charge is 0.148 e. The maximum atomic E-state index is 12.1. The van der Waals surface area contributed by atoms with Crippen molar-refractivity contribution in [2.75, 3.05) is 13.2 Å². The van der Waals surface area contributed by atoms with Crippen LogP contribution in [0.3, 0.4) is 0 Å². The third-order valence-corrected chi connectivity index (χ3v) is 3.49. The molecule has 16 heavy (non-hydrogen) atoms. The second-order valence-electron chi connectivity index (χ2n) is 4.47. The van der Waals surface area contributed by atoms with Crippen LogP contribution in [0, 0.1) is 11.8 Å². The molecule has 2 heteroatoms. The molecule has 1 fully saturated rings. The Balaban J connectivity index is 1.97. The summed E-state index contributed by atoms with van der Waals surface area (Å²) in [6.45, 7) is 1.13. The number of hydrogen-bond acceptors (Lipinski definition) is 2. The lowest BCUT2D eigenvalue weighted by Gasteiger charge is -2.34. The number of carbonyl (C=O) groups is 1. The van der Waals surface area contributed by atoms with Gasteiger partial charge in [0, 0.05) is 5.92 Å². The van der Waals surface area contributed by atoms with Gasteiger partial charge in [-0.25, -0.2) is 0 Å². The van der Waals surface area contributed by atoms with Gasteiger partial charge in [0.15, 0.2) is 0 Å². The summed E-state index contributed by atoms with van der Waals surface area (Å²) in [5.74, 6) is 0.567. The van der Waals surface area contributed by atoms with Crippen LogP contribution in [0.4, 0.5) is 0 Å². The van der Waals surface area contributed by atoms with Crippen molar-refractivity contribution in [2.45, 2.75) is 5.92 Å². The Hall–Kier alpha value is -1.41. The van der Waals surface area contributed by atoms with Crippen molar-refractivity contribution in [1.29, 1.82) is 0 Å². The second kappa shape index (κ2) is 3.87. The molecule has 2 aliphatic rings. The van der Waals surface area contributed by atoms with E-state index >= 15 is 0 Å². The summed E-state index contributed by atoms with van der Waals surface area (Å²) in [4.78, 5) is 12.1. The van der Waals surface area contributed by atoms with Gasteiger partial charge in [-0.1, -0.05) is 42.5 Å². The first kappa shape index (κ1) is 9.79. The lowest BCUT2D eigenvalue weighted by Crippen LogP contribution is -2.40. The Morgan fingerprint density at radius 2 is 1.88 bits per heavy atom. The first-order valence-corrected chi connectivity index (χ1v) is 5.71. The average Bonchev–Trinajstić information content (AvgIpc) is 2.30. The van der Waals surface area contributed by atoms with Crippen molar-refractivity contribution < 1.29 is 9.53 Å². The summed E-state index contributed by atoms with van der Waals surface area (Å²) < 4.78 is 5.49. The van der Waals surface area contributed by atoms with Gasteiger partial charge in [-0.2, -0.15) is 0 Å². The fourth-order valence-electron chi connectivity index (χ4n) is 2.60. The van der Waals surface area contributed by atoms with Gasteiger partial charge in [0.25, 0.3) is 0 Å². The minimum Gasteiger partial charge on any atom is -0.380 e. The topological polar surface area (TPSA) is 26.3 Å². The summed E-state index contributed by atoms with van der Waals surface area (Å²) in [6.07, 6.45) is 4.18. The van der Waals surface area contributed by atoms with Crippen LogP contribution in [0.1, 0.15) is 11.5 Å². The largest absolute Gasteiger partial charge is 0.380 e. The number of allylic oxidation sites excluding steroid dienone is 1. The number of benzene rings is 1. The normalized spacial score (nSPS) is 32.8. The van der Waals surface area contributed by atoms with Crippen LogP contribution in [0.25, 0.3) is 0 Å². The fraction of sp³-hybridized carbons (Fsp3) is 0.357. The highest BCUT2D eigenvalue weighted by molar-refractivity contribution is 5.88. The van der Waals surface area contributed by atoms with E-state index in [9.17, 15) is 4.79 Å². The number of hydrogen-bond donors (Lipinski definition) is 0. The van der Waals surface area contributed by atoms with E-state index in [1.807, 2.05) is 24.3 Å². The molecular weight excluding hydrogens is 200 g/mol. The molecule has 0 aromatic heterocycles. The maximum absolute atomic E-state index is 12.1. The average molecular weight is 214 g/mol. The Bertz CT molecular complexity index is 422. The standard InChI is InChI=1S/C14H14O2/c15-14-11-6-7-12(13(14)9-16-8-11)10-4-2-1-3-5-10/h1-7,11-13H,8-9H2/t11?,12-,13?/m0/s1. The number of fused-ring (bicyclic) bond motifs is 2. The van der Waals surface area contributed by atoms with Gasteiger partial charge in [-0.05, 0) is 5.56 Å². The van der Waals surface area contributed by atoms with Crippen molar-refractivity contribution in [3.63, 3.8) is 0 Å². The van der Waals surface area contributed by atoms with Crippen LogP contribution in [0.15, 0.2) is 42.5 Å². The first-order valence-electron chi connectivity index (χ1n) is 5.71. The van der Waals surface area contributed by atoms with Gasteiger partial charge in [-0.15, -0.1) is 0 Å². The zero-order valence-corrected chi connectivity index (χ0v) is 9.00. The molecular formula is C14H14O2. The molecule has 0 saturated carbocycles. The fourth-order valence-corrected chi connectivity index (χ4v) is 2.60. The molecule has 2 nitrogen and oxygen atoms in total. The van der Waals surface area contributed by atoms with Gasteiger partial charge in [0.05, 0.1) is 25.0 Å². The van der Waals surface area contributed by atoms with Crippen LogP contribution < -0.4 is 0 Å². The molecule has 3 atom stereocenters. The van der Waals surface area contributed by atoms with E-state index in [2.05, 4.69) is 18.2 Å². The van der Waals surface area contributed by atoms with Crippen molar-refractivity contribution >= 4 is 5.78 Å². The number of rotatable bonds is 1. The van der Waals surface area contributed by atoms with Crippen LogP contribution >= 0.6 is 0 Å². The van der Waals surface area contributed by atoms with Gasteiger partial charge in [0.1, 0.15) is 5.78 Å². The predicted molar refractivity (Wildman–Crippen MR) is 61.1 cm³/mol. The minimum atomic E-state index is -0.00119. The molecule has 3 rings (SSSR count). The SMILES string of the molecule is O=C1C2C=C[C@@H](c3ccccc3)C1COC2. The van der Waals surface area contributed by atoms with E-state index in [4.69, 9.17) is 4.74 Å². The molecule has 1 aromatic carbocycles. The third-order valence-electron chi connectivity index (χ3n) is 3.49. The molecule has 82 valence electrons. The summed E-state index contributed by atoms with van der Waals surface area (Å²) >= 11 is 0. The Morgan fingerprint density at radius 3 is 2.69 bits per heavy atom. The maximum Gasteiger partial charge on any atom is 0.148 e. The molecule has 0 spiro atoms. The lowest BCUT2D eigenvalue weighted by atomic mass is 9.74. The minimum absolute atomic E-state index is 0.00119. The molecule has 0 N–H and O–H groups in total. The van der Waals surface area contributed by atoms with Crippen LogP contribution in [-0.2, 0) is 9.53 Å². The van der Waals surface area contributed by atoms with Crippen LogP contribution in [0.2, 0.25) is 0 Å². The van der Waals surface area contributed by atoms with Crippen LogP contribution in [-0.4, -0.2) is 19.0 Å². The number of Topliss-reactive ketones (excluding diaryl/α,β-unsaturated/α-hetero) is 1. The van der Waals surface area contributed by atoms with E-state index in [1.54, 1.807) is 0 Å². The van der Waals surface area contributed by atoms with E-state index in [-0.39, 0.29) is 17.8 Å². The van der Waals surface area contributed by atoms with Crippen LogP contribution in [0.5, 0.6) is 0 Å². The Morgan fingerprint density at radius 1 is 1.06 bits per heavy atom. The highest BCUT2D eigenvalue weighted by atomic mass is 16.5. The van der Waals surface area contributed by atoms with Gasteiger partial charge >= 0.3 is 0 Å².